The number of nitriles is 1. The van der Waals surface area contributed by atoms with Gasteiger partial charge in [-0.2, -0.15) is 5.26 Å². The molecule has 2 rings (SSSR count). The van der Waals surface area contributed by atoms with Crippen LogP contribution in [0.15, 0.2) is 48.5 Å². The van der Waals surface area contributed by atoms with Crippen LogP contribution >= 0.6 is 0 Å². The zero-order valence-electron chi connectivity index (χ0n) is 11.7. The Labute approximate surface area is 115 Å². The Morgan fingerprint density at radius 2 is 1.58 bits per heavy atom. The minimum atomic E-state index is -0.0223. The van der Waals surface area contributed by atoms with Gasteiger partial charge in [0.1, 0.15) is 0 Å². The van der Waals surface area contributed by atoms with Crippen molar-refractivity contribution in [3.63, 3.8) is 0 Å². The largest absolute Gasteiger partial charge is 0.198 e. The van der Waals surface area contributed by atoms with Crippen LogP contribution in [0.1, 0.15) is 30.9 Å². The van der Waals surface area contributed by atoms with Crippen molar-refractivity contribution in [3.8, 4) is 17.2 Å². The van der Waals surface area contributed by atoms with Crippen LogP contribution in [-0.2, 0) is 0 Å². The smallest absolute Gasteiger partial charge is 0.0735 e. The molecule has 19 heavy (non-hydrogen) atoms. The highest BCUT2D eigenvalue weighted by Crippen LogP contribution is 2.28. The summed E-state index contributed by atoms with van der Waals surface area (Å²) in [6, 6.07) is 19.1. The summed E-state index contributed by atoms with van der Waals surface area (Å²) in [6.07, 6.45) is 0. The van der Waals surface area contributed by atoms with Crippen LogP contribution in [-0.4, -0.2) is 0 Å². The maximum Gasteiger partial charge on any atom is 0.0735 e. The molecular weight excluding hydrogens is 230 g/mol. The van der Waals surface area contributed by atoms with Crippen molar-refractivity contribution < 1.29 is 0 Å². The first-order chi connectivity index (χ1) is 9.13. The van der Waals surface area contributed by atoms with Gasteiger partial charge in [-0.05, 0) is 35.1 Å². The third kappa shape index (κ3) is 2.85. The molecule has 0 aromatic heterocycles. The van der Waals surface area contributed by atoms with E-state index in [4.69, 9.17) is 0 Å². The molecular formula is C18H19N. The molecule has 0 spiro atoms. The minimum absolute atomic E-state index is 0.0223. The van der Waals surface area contributed by atoms with E-state index >= 15 is 0 Å². The highest BCUT2D eigenvalue weighted by molar-refractivity contribution is 5.67. The second-order valence-corrected chi connectivity index (χ2v) is 5.29. The molecule has 2 aromatic carbocycles. The van der Waals surface area contributed by atoms with E-state index in [2.05, 4.69) is 75.4 Å². The molecule has 0 aliphatic rings. The van der Waals surface area contributed by atoms with Crippen molar-refractivity contribution in [3.05, 3.63) is 59.7 Å². The monoisotopic (exact) mass is 249 g/mol. The van der Waals surface area contributed by atoms with E-state index < -0.39 is 0 Å². The zero-order valence-corrected chi connectivity index (χ0v) is 11.7. The highest BCUT2D eigenvalue weighted by atomic mass is 14.3. The Morgan fingerprint density at radius 3 is 2.11 bits per heavy atom. The fraction of sp³-hybridized carbons (Fsp3) is 0.278. The number of rotatable bonds is 3. The van der Waals surface area contributed by atoms with Gasteiger partial charge in [0.15, 0.2) is 0 Å². The van der Waals surface area contributed by atoms with E-state index in [0.717, 1.165) is 5.56 Å². The third-order valence-corrected chi connectivity index (χ3v) is 3.53. The molecule has 2 aromatic rings. The van der Waals surface area contributed by atoms with Crippen LogP contribution in [0.3, 0.4) is 0 Å². The lowest BCUT2D eigenvalue weighted by molar-refractivity contribution is 0.587. The van der Waals surface area contributed by atoms with Gasteiger partial charge >= 0.3 is 0 Å². The Balaban J connectivity index is 2.34. The zero-order chi connectivity index (χ0) is 13.8. The van der Waals surface area contributed by atoms with E-state index in [-0.39, 0.29) is 5.92 Å². The summed E-state index contributed by atoms with van der Waals surface area (Å²) in [6.45, 7) is 6.29. The molecule has 0 radical (unpaired) electrons. The van der Waals surface area contributed by atoms with Gasteiger partial charge in [0.2, 0.25) is 0 Å². The van der Waals surface area contributed by atoms with E-state index in [1.165, 1.54) is 16.7 Å². The molecule has 1 atom stereocenters. The first-order valence-electron chi connectivity index (χ1n) is 6.69. The molecule has 0 saturated carbocycles. The van der Waals surface area contributed by atoms with Gasteiger partial charge < -0.3 is 0 Å². The lowest BCUT2D eigenvalue weighted by atomic mass is 9.88. The Hall–Kier alpha value is -2.07. The average molecular weight is 249 g/mol. The fourth-order valence-corrected chi connectivity index (χ4v) is 2.38. The summed E-state index contributed by atoms with van der Waals surface area (Å²) >= 11 is 0. The molecule has 0 saturated heterocycles. The summed E-state index contributed by atoms with van der Waals surface area (Å²) in [4.78, 5) is 0. The van der Waals surface area contributed by atoms with E-state index in [1.54, 1.807) is 0 Å². The van der Waals surface area contributed by atoms with Gasteiger partial charge in [-0.25, -0.2) is 0 Å². The van der Waals surface area contributed by atoms with Crippen LogP contribution in [0.5, 0.6) is 0 Å². The highest BCUT2D eigenvalue weighted by Gasteiger charge is 2.14. The predicted octanol–water partition coefficient (Wildman–Crippen LogP) is 4.93. The molecule has 0 amide bonds. The van der Waals surface area contributed by atoms with Crippen LogP contribution in [0.2, 0.25) is 0 Å². The average Bonchev–Trinajstić information content (AvgIpc) is 2.41. The van der Waals surface area contributed by atoms with Crippen LogP contribution < -0.4 is 0 Å². The predicted molar refractivity (Wildman–Crippen MR) is 79.8 cm³/mol. The summed E-state index contributed by atoms with van der Waals surface area (Å²) in [7, 11) is 0. The fourth-order valence-electron chi connectivity index (χ4n) is 2.38. The van der Waals surface area contributed by atoms with Gasteiger partial charge in [-0.1, -0.05) is 62.4 Å². The van der Waals surface area contributed by atoms with Crippen molar-refractivity contribution in [2.75, 3.05) is 0 Å². The number of aryl methyl sites for hydroxylation is 1. The Kier molecular flexibility index (Phi) is 4.02. The molecule has 0 bridgehead atoms. The molecule has 1 nitrogen and oxygen atoms in total. The molecule has 96 valence electrons. The Morgan fingerprint density at radius 1 is 0.947 bits per heavy atom. The van der Waals surface area contributed by atoms with Crippen LogP contribution in [0, 0.1) is 24.2 Å². The number of nitrogens with zero attached hydrogens (tertiary/aromatic N) is 1. The number of hydrogen-bond donors (Lipinski definition) is 0. The Bertz CT molecular complexity index is 588. The molecule has 1 heteroatoms. The number of hydrogen-bond acceptors (Lipinski definition) is 1. The van der Waals surface area contributed by atoms with Gasteiger partial charge in [0, 0.05) is 0 Å². The molecule has 0 fully saturated rings. The van der Waals surface area contributed by atoms with Gasteiger partial charge in [-0.15, -0.1) is 0 Å². The molecule has 0 heterocycles. The summed E-state index contributed by atoms with van der Waals surface area (Å²) in [5.41, 5.74) is 4.85. The first-order valence-corrected chi connectivity index (χ1v) is 6.69. The van der Waals surface area contributed by atoms with Gasteiger partial charge in [-0.3, -0.25) is 0 Å². The topological polar surface area (TPSA) is 23.8 Å². The number of benzene rings is 2. The van der Waals surface area contributed by atoms with Gasteiger partial charge in [0.25, 0.3) is 0 Å². The summed E-state index contributed by atoms with van der Waals surface area (Å²) in [5.74, 6) is 0.320. The lowest BCUT2D eigenvalue weighted by Crippen LogP contribution is -2.03. The maximum absolute atomic E-state index is 9.23. The molecule has 1 unspecified atom stereocenters. The van der Waals surface area contributed by atoms with Crippen molar-refractivity contribution in [2.24, 2.45) is 5.92 Å². The van der Waals surface area contributed by atoms with E-state index in [0.29, 0.717) is 5.92 Å². The van der Waals surface area contributed by atoms with E-state index in [1.807, 2.05) is 0 Å². The van der Waals surface area contributed by atoms with Crippen molar-refractivity contribution in [1.82, 2.24) is 0 Å². The first kappa shape index (κ1) is 13.4. The van der Waals surface area contributed by atoms with Crippen LogP contribution in [0.4, 0.5) is 0 Å². The van der Waals surface area contributed by atoms with Crippen molar-refractivity contribution in [2.45, 2.75) is 26.7 Å². The standard InChI is InChI=1S/C18H19N/c1-13(2)18(12-19)16-10-8-15(9-11-16)17-7-5-4-6-14(17)3/h4-11,13,18H,1-3H3. The lowest BCUT2D eigenvalue weighted by Gasteiger charge is -2.14. The maximum atomic E-state index is 9.23. The van der Waals surface area contributed by atoms with Crippen LogP contribution in [0.25, 0.3) is 11.1 Å². The third-order valence-electron chi connectivity index (χ3n) is 3.53. The van der Waals surface area contributed by atoms with E-state index in [9.17, 15) is 5.26 Å². The second kappa shape index (κ2) is 5.71. The second-order valence-electron chi connectivity index (χ2n) is 5.29. The summed E-state index contributed by atoms with van der Waals surface area (Å²) in [5, 5.41) is 9.23. The minimum Gasteiger partial charge on any atom is -0.198 e. The SMILES string of the molecule is Cc1ccccc1-c1ccc(C(C#N)C(C)C)cc1. The van der Waals surface area contributed by atoms with Crippen molar-refractivity contribution in [1.29, 1.82) is 5.26 Å². The van der Waals surface area contributed by atoms with Gasteiger partial charge in [0.05, 0.1) is 12.0 Å². The summed E-state index contributed by atoms with van der Waals surface area (Å²) < 4.78 is 0. The normalized spacial score (nSPS) is 12.2. The quantitative estimate of drug-likeness (QED) is 0.757. The van der Waals surface area contributed by atoms with Crippen molar-refractivity contribution >= 4 is 0 Å². The molecule has 0 N–H and O–H groups in total. The molecule has 0 aliphatic heterocycles. The molecule has 0 aliphatic carbocycles.